The molecule has 0 fully saturated rings. The van der Waals surface area contributed by atoms with Gasteiger partial charge in [0.2, 0.25) is 0 Å². The molecule has 4 heteroatoms. The molecule has 2 rings (SSSR count). The van der Waals surface area contributed by atoms with Crippen LogP contribution >= 0.6 is 15.9 Å². The number of nitrogens with zero attached hydrogens (tertiary/aromatic N) is 1. The normalized spacial score (nSPS) is 10.3. The molecular formula is C18H18BrNO2. The van der Waals surface area contributed by atoms with Crippen LogP contribution in [-0.2, 0) is 0 Å². The summed E-state index contributed by atoms with van der Waals surface area (Å²) in [4.78, 5) is 0. The molecule has 2 aromatic carbocycles. The molecule has 0 heterocycles. The molecule has 0 radical (unpaired) electrons. The maximum Gasteiger partial charge on any atom is 0.137 e. The Bertz CT molecular complexity index is 660. The summed E-state index contributed by atoms with van der Waals surface area (Å²) in [5.74, 6) is 1.91. The predicted molar refractivity (Wildman–Crippen MR) is 90.4 cm³/mol. The minimum atomic E-state index is 0.391. The summed E-state index contributed by atoms with van der Waals surface area (Å²) in [5, 5.41) is 9.07. The van der Waals surface area contributed by atoms with Gasteiger partial charge in [0.05, 0.1) is 5.56 Å². The summed E-state index contributed by atoms with van der Waals surface area (Å²) < 4.78 is 12.1. The molecule has 3 nitrogen and oxygen atoms in total. The van der Waals surface area contributed by atoms with Crippen LogP contribution in [0.2, 0.25) is 0 Å². The lowest BCUT2D eigenvalue weighted by atomic mass is 10.0. The van der Waals surface area contributed by atoms with Crippen molar-refractivity contribution in [1.82, 2.24) is 0 Å². The van der Waals surface area contributed by atoms with Crippen molar-refractivity contribution in [3.63, 3.8) is 0 Å². The number of hydrogen-bond acceptors (Lipinski definition) is 3. The van der Waals surface area contributed by atoms with Gasteiger partial charge >= 0.3 is 0 Å². The molecule has 0 aromatic heterocycles. The molecule has 114 valence electrons. The summed E-state index contributed by atoms with van der Waals surface area (Å²) >= 11 is 3.33. The number of hydrogen-bond donors (Lipinski definition) is 0. The van der Waals surface area contributed by atoms with Crippen molar-refractivity contribution < 1.29 is 9.47 Å². The molecule has 0 saturated heterocycles. The lowest BCUT2D eigenvalue weighted by Gasteiger charge is -2.11. The lowest BCUT2D eigenvalue weighted by molar-refractivity contribution is 0.216. The number of benzene rings is 2. The van der Waals surface area contributed by atoms with Gasteiger partial charge in [0.15, 0.2) is 0 Å². The van der Waals surface area contributed by atoms with Gasteiger partial charge in [0.1, 0.15) is 30.8 Å². The maximum atomic E-state index is 9.07. The number of ether oxygens (including phenoxy) is 2. The molecule has 0 unspecified atom stereocenters. The largest absolute Gasteiger partial charge is 0.490 e. The fraction of sp³-hybridized carbons (Fsp3) is 0.278. The molecule has 0 amide bonds. The zero-order valence-electron chi connectivity index (χ0n) is 12.7. The van der Waals surface area contributed by atoms with Crippen LogP contribution in [0.25, 0.3) is 0 Å². The van der Waals surface area contributed by atoms with E-state index in [0.29, 0.717) is 30.4 Å². The molecule has 0 spiro atoms. The van der Waals surface area contributed by atoms with Crippen molar-refractivity contribution in [2.75, 3.05) is 13.2 Å². The van der Waals surface area contributed by atoms with Crippen LogP contribution in [-0.4, -0.2) is 13.2 Å². The van der Waals surface area contributed by atoms with E-state index in [-0.39, 0.29) is 0 Å². The summed E-state index contributed by atoms with van der Waals surface area (Å²) in [7, 11) is 0. The van der Waals surface area contributed by atoms with E-state index in [9.17, 15) is 0 Å². The van der Waals surface area contributed by atoms with Crippen molar-refractivity contribution in [2.24, 2.45) is 0 Å². The fourth-order valence-electron chi connectivity index (χ4n) is 1.98. The summed E-state index contributed by atoms with van der Waals surface area (Å²) in [6.07, 6.45) is 0. The highest BCUT2D eigenvalue weighted by atomic mass is 79.9. The first-order valence-corrected chi connectivity index (χ1v) is 7.94. The average molecular weight is 360 g/mol. The van der Waals surface area contributed by atoms with Crippen molar-refractivity contribution >= 4 is 15.9 Å². The molecule has 0 bridgehead atoms. The Morgan fingerprint density at radius 3 is 2.36 bits per heavy atom. The highest BCUT2D eigenvalue weighted by Gasteiger charge is 2.04. The van der Waals surface area contributed by atoms with Crippen molar-refractivity contribution in [3.05, 3.63) is 58.1 Å². The van der Waals surface area contributed by atoms with E-state index in [2.05, 4.69) is 48.0 Å². The minimum absolute atomic E-state index is 0.391. The van der Waals surface area contributed by atoms with Gasteiger partial charge in [-0.3, -0.25) is 0 Å². The van der Waals surface area contributed by atoms with Crippen molar-refractivity contribution in [3.8, 4) is 17.6 Å². The Morgan fingerprint density at radius 1 is 1.05 bits per heavy atom. The van der Waals surface area contributed by atoms with Crippen molar-refractivity contribution in [2.45, 2.75) is 19.8 Å². The summed E-state index contributed by atoms with van der Waals surface area (Å²) in [6, 6.07) is 15.6. The van der Waals surface area contributed by atoms with E-state index in [1.807, 2.05) is 18.2 Å². The van der Waals surface area contributed by atoms with Gasteiger partial charge in [-0.15, -0.1) is 0 Å². The smallest absolute Gasteiger partial charge is 0.137 e. The van der Waals surface area contributed by atoms with E-state index in [1.54, 1.807) is 12.1 Å². The third-order valence-electron chi connectivity index (χ3n) is 3.22. The second-order valence-corrected chi connectivity index (χ2v) is 6.09. The molecule has 0 aliphatic carbocycles. The van der Waals surface area contributed by atoms with E-state index in [1.165, 1.54) is 5.56 Å². The summed E-state index contributed by atoms with van der Waals surface area (Å²) in [6.45, 7) is 5.15. The number of halogens is 1. The van der Waals surface area contributed by atoms with Crippen LogP contribution in [0, 0.1) is 11.3 Å². The van der Waals surface area contributed by atoms with Crippen LogP contribution in [0.1, 0.15) is 30.9 Å². The van der Waals surface area contributed by atoms with Gasteiger partial charge in [0.25, 0.3) is 0 Å². The first-order chi connectivity index (χ1) is 10.6. The number of nitriles is 1. The Labute approximate surface area is 139 Å². The van der Waals surface area contributed by atoms with E-state index in [0.717, 1.165) is 10.2 Å². The van der Waals surface area contributed by atoms with Gasteiger partial charge in [-0.1, -0.05) is 41.9 Å². The molecular weight excluding hydrogens is 342 g/mol. The lowest BCUT2D eigenvalue weighted by Crippen LogP contribution is -2.09. The zero-order chi connectivity index (χ0) is 15.9. The van der Waals surface area contributed by atoms with Gasteiger partial charge in [0, 0.05) is 4.47 Å². The Hall–Kier alpha value is -1.99. The van der Waals surface area contributed by atoms with Gasteiger partial charge < -0.3 is 9.47 Å². The third-order valence-corrected chi connectivity index (χ3v) is 3.71. The first-order valence-electron chi connectivity index (χ1n) is 7.15. The van der Waals surface area contributed by atoms with Crippen molar-refractivity contribution in [1.29, 1.82) is 5.26 Å². The second kappa shape index (κ2) is 7.86. The average Bonchev–Trinajstić information content (AvgIpc) is 2.53. The van der Waals surface area contributed by atoms with E-state index < -0.39 is 0 Å². The van der Waals surface area contributed by atoms with Gasteiger partial charge in [-0.2, -0.15) is 5.26 Å². The maximum absolute atomic E-state index is 9.07. The Morgan fingerprint density at radius 2 is 1.73 bits per heavy atom. The molecule has 0 saturated carbocycles. The molecule has 0 aliphatic heterocycles. The Balaban J connectivity index is 1.83. The fourth-order valence-corrected chi connectivity index (χ4v) is 2.34. The SMILES string of the molecule is CC(C)c1ccc(OCCOc2ccc(Br)cc2C#N)cc1. The topological polar surface area (TPSA) is 42.2 Å². The summed E-state index contributed by atoms with van der Waals surface area (Å²) in [5.41, 5.74) is 1.80. The molecule has 2 aromatic rings. The van der Waals surface area contributed by atoms with Crippen LogP contribution in [0.15, 0.2) is 46.9 Å². The van der Waals surface area contributed by atoms with Gasteiger partial charge in [-0.05, 0) is 41.8 Å². The zero-order valence-corrected chi connectivity index (χ0v) is 14.3. The third kappa shape index (κ3) is 4.51. The quantitative estimate of drug-likeness (QED) is 0.688. The first kappa shape index (κ1) is 16.4. The van der Waals surface area contributed by atoms with E-state index in [4.69, 9.17) is 14.7 Å². The molecule has 0 aliphatic rings. The molecule has 0 atom stereocenters. The highest BCUT2D eigenvalue weighted by Crippen LogP contribution is 2.22. The minimum Gasteiger partial charge on any atom is -0.490 e. The van der Waals surface area contributed by atoms with Crippen LogP contribution < -0.4 is 9.47 Å². The predicted octanol–water partition coefficient (Wildman–Crippen LogP) is 4.90. The Kier molecular flexibility index (Phi) is 5.85. The van der Waals surface area contributed by atoms with Crippen LogP contribution in [0.4, 0.5) is 0 Å². The number of rotatable bonds is 6. The highest BCUT2D eigenvalue weighted by molar-refractivity contribution is 9.10. The standard InChI is InChI=1S/C18H18BrNO2/c1-13(2)14-3-6-17(7-4-14)21-9-10-22-18-8-5-16(19)11-15(18)12-20/h3-8,11,13H,9-10H2,1-2H3. The monoisotopic (exact) mass is 359 g/mol. The molecule has 22 heavy (non-hydrogen) atoms. The molecule has 0 N–H and O–H groups in total. The van der Waals surface area contributed by atoms with Gasteiger partial charge in [-0.25, -0.2) is 0 Å². The van der Waals surface area contributed by atoms with Crippen LogP contribution in [0.3, 0.4) is 0 Å². The second-order valence-electron chi connectivity index (χ2n) is 5.17. The van der Waals surface area contributed by atoms with E-state index >= 15 is 0 Å². The van der Waals surface area contributed by atoms with Crippen LogP contribution in [0.5, 0.6) is 11.5 Å².